The molecule has 0 aromatic heterocycles. The molecule has 1 unspecified atom stereocenters. The summed E-state index contributed by atoms with van der Waals surface area (Å²) in [6, 6.07) is 15.3. The number of carbonyl (C=O) groups is 1. The molecule has 0 spiro atoms. The van der Waals surface area contributed by atoms with Crippen molar-refractivity contribution in [2.45, 2.75) is 29.9 Å². The maximum absolute atomic E-state index is 12.1. The maximum Gasteiger partial charge on any atom is 0.233 e. The van der Waals surface area contributed by atoms with Crippen LogP contribution >= 0.6 is 35.0 Å². The second-order valence-electron chi connectivity index (χ2n) is 5.24. The zero-order chi connectivity index (χ0) is 16.7. The minimum absolute atomic E-state index is 0.0565. The summed E-state index contributed by atoms with van der Waals surface area (Å²) in [6.07, 6.45) is 1.84. The lowest BCUT2D eigenvalue weighted by atomic mass is 10.1. The van der Waals surface area contributed by atoms with E-state index in [1.807, 2.05) is 55.5 Å². The fourth-order valence-corrected chi connectivity index (χ4v) is 3.21. The molecule has 2 rings (SSSR count). The van der Waals surface area contributed by atoms with Crippen molar-refractivity contribution in [1.82, 2.24) is 5.32 Å². The van der Waals surface area contributed by atoms with Crippen LogP contribution in [0.3, 0.4) is 0 Å². The van der Waals surface area contributed by atoms with Crippen molar-refractivity contribution in [2.24, 2.45) is 0 Å². The van der Waals surface area contributed by atoms with Gasteiger partial charge in [0.15, 0.2) is 0 Å². The second kappa shape index (κ2) is 9.21. The first-order chi connectivity index (χ1) is 11.0. The zero-order valence-electron chi connectivity index (χ0n) is 12.9. The lowest BCUT2D eigenvalue weighted by molar-refractivity contribution is -0.120. The van der Waals surface area contributed by atoms with Gasteiger partial charge in [0.25, 0.3) is 0 Å². The monoisotopic (exact) mass is 367 g/mol. The van der Waals surface area contributed by atoms with Gasteiger partial charge in [-0.05, 0) is 61.7 Å². The number of rotatable bonds is 7. The van der Waals surface area contributed by atoms with Gasteiger partial charge in [-0.3, -0.25) is 4.79 Å². The van der Waals surface area contributed by atoms with Gasteiger partial charge in [0, 0.05) is 21.5 Å². The summed E-state index contributed by atoms with van der Waals surface area (Å²) in [4.78, 5) is 13.1. The van der Waals surface area contributed by atoms with E-state index in [1.54, 1.807) is 0 Å². The number of amides is 1. The van der Waals surface area contributed by atoms with E-state index >= 15 is 0 Å². The molecule has 2 nitrogen and oxygen atoms in total. The van der Waals surface area contributed by atoms with E-state index in [-0.39, 0.29) is 11.2 Å². The summed E-state index contributed by atoms with van der Waals surface area (Å²) >= 11 is 13.2. The molecule has 122 valence electrons. The molecule has 0 aliphatic carbocycles. The summed E-state index contributed by atoms with van der Waals surface area (Å²) in [5.41, 5.74) is 1.23. The van der Waals surface area contributed by atoms with E-state index in [2.05, 4.69) is 5.32 Å². The Hall–Kier alpha value is -1.16. The normalized spacial score (nSPS) is 12.0. The van der Waals surface area contributed by atoms with Gasteiger partial charge in [-0.1, -0.05) is 35.3 Å². The van der Waals surface area contributed by atoms with Crippen LogP contribution in [0.1, 0.15) is 18.9 Å². The fraction of sp³-hybridized carbons (Fsp3) is 0.278. The first-order valence-electron chi connectivity index (χ1n) is 7.49. The van der Waals surface area contributed by atoms with Gasteiger partial charge in [-0.15, -0.1) is 11.8 Å². The Kier molecular flexibility index (Phi) is 7.28. The lowest BCUT2D eigenvalue weighted by Gasteiger charge is -2.12. The molecule has 2 aromatic carbocycles. The van der Waals surface area contributed by atoms with Crippen LogP contribution in [-0.2, 0) is 11.2 Å². The second-order valence-corrected chi connectivity index (χ2v) is 7.52. The molecular weight excluding hydrogens is 349 g/mol. The molecule has 1 N–H and O–H groups in total. The molecule has 23 heavy (non-hydrogen) atoms. The van der Waals surface area contributed by atoms with Gasteiger partial charge in [0.1, 0.15) is 0 Å². The van der Waals surface area contributed by atoms with E-state index in [1.165, 1.54) is 17.3 Å². The number of carbonyl (C=O) groups excluding carboxylic acids is 1. The van der Waals surface area contributed by atoms with Crippen LogP contribution < -0.4 is 5.32 Å². The summed E-state index contributed by atoms with van der Waals surface area (Å²) in [5, 5.41) is 4.30. The highest BCUT2D eigenvalue weighted by Crippen LogP contribution is 2.24. The van der Waals surface area contributed by atoms with E-state index in [0.29, 0.717) is 11.6 Å². The number of halogens is 2. The van der Waals surface area contributed by atoms with E-state index in [9.17, 15) is 4.79 Å². The zero-order valence-corrected chi connectivity index (χ0v) is 15.2. The first kappa shape index (κ1) is 18.2. The van der Waals surface area contributed by atoms with Crippen LogP contribution in [0.4, 0.5) is 0 Å². The topological polar surface area (TPSA) is 29.1 Å². The molecule has 1 atom stereocenters. The highest BCUT2D eigenvalue weighted by Gasteiger charge is 2.13. The Labute approximate surface area is 151 Å². The number of aryl methyl sites for hydroxylation is 1. The van der Waals surface area contributed by atoms with Gasteiger partial charge in [0.05, 0.1) is 5.25 Å². The van der Waals surface area contributed by atoms with Crippen LogP contribution in [-0.4, -0.2) is 17.7 Å². The maximum atomic E-state index is 12.1. The van der Waals surface area contributed by atoms with Crippen LogP contribution in [0, 0.1) is 0 Å². The molecule has 0 bridgehead atoms. The first-order valence-corrected chi connectivity index (χ1v) is 9.12. The number of hydrogen-bond donors (Lipinski definition) is 1. The van der Waals surface area contributed by atoms with E-state index in [0.717, 1.165) is 22.8 Å². The van der Waals surface area contributed by atoms with Crippen LogP contribution in [0.15, 0.2) is 53.4 Å². The number of nitrogens with one attached hydrogen (secondary N) is 1. The molecular formula is C18H19Cl2NOS. The number of benzene rings is 2. The summed E-state index contributed by atoms with van der Waals surface area (Å²) < 4.78 is 0. The van der Waals surface area contributed by atoms with Gasteiger partial charge >= 0.3 is 0 Å². The number of thioether (sulfide) groups is 1. The molecule has 0 heterocycles. The largest absolute Gasteiger partial charge is 0.355 e. The molecule has 0 saturated carbocycles. The highest BCUT2D eigenvalue weighted by atomic mass is 35.5. The third-order valence-electron chi connectivity index (χ3n) is 3.35. The minimum Gasteiger partial charge on any atom is -0.355 e. The average molecular weight is 368 g/mol. The van der Waals surface area contributed by atoms with Gasteiger partial charge in [0.2, 0.25) is 5.91 Å². The molecule has 2 aromatic rings. The van der Waals surface area contributed by atoms with Crippen molar-refractivity contribution >= 4 is 40.9 Å². The standard InChI is InChI=1S/C18H19Cl2NOS/c1-13(23-17-10-8-16(20)9-11-17)18(22)21-12-2-3-14-4-6-15(19)7-5-14/h4-11,13H,2-3,12H2,1H3,(H,21,22). The van der Waals surface area contributed by atoms with Crippen molar-refractivity contribution in [3.8, 4) is 0 Å². The molecule has 1 amide bonds. The highest BCUT2D eigenvalue weighted by molar-refractivity contribution is 8.00. The van der Waals surface area contributed by atoms with Crippen molar-refractivity contribution in [1.29, 1.82) is 0 Å². The molecule has 0 fully saturated rings. The van der Waals surface area contributed by atoms with Gasteiger partial charge in [-0.25, -0.2) is 0 Å². The van der Waals surface area contributed by atoms with Crippen molar-refractivity contribution in [2.75, 3.05) is 6.54 Å². The van der Waals surface area contributed by atoms with Gasteiger partial charge < -0.3 is 5.32 Å². The third kappa shape index (κ3) is 6.46. The Morgan fingerprint density at radius 2 is 1.61 bits per heavy atom. The quantitative estimate of drug-likeness (QED) is 0.536. The summed E-state index contributed by atoms with van der Waals surface area (Å²) in [7, 11) is 0. The van der Waals surface area contributed by atoms with Crippen LogP contribution in [0.5, 0.6) is 0 Å². The Balaban J connectivity index is 1.69. The SMILES string of the molecule is CC(Sc1ccc(Cl)cc1)C(=O)NCCCc1ccc(Cl)cc1. The molecule has 0 aliphatic heterocycles. The minimum atomic E-state index is -0.133. The predicted octanol–water partition coefficient (Wildman–Crippen LogP) is 5.22. The molecule has 0 saturated heterocycles. The average Bonchev–Trinajstić information content (AvgIpc) is 2.55. The van der Waals surface area contributed by atoms with Crippen LogP contribution in [0.2, 0.25) is 10.0 Å². The lowest BCUT2D eigenvalue weighted by Crippen LogP contribution is -2.31. The molecule has 5 heteroatoms. The van der Waals surface area contributed by atoms with Crippen LogP contribution in [0.25, 0.3) is 0 Å². The van der Waals surface area contributed by atoms with Crippen molar-refractivity contribution in [3.63, 3.8) is 0 Å². The summed E-state index contributed by atoms with van der Waals surface area (Å²) in [5.74, 6) is 0.0565. The Morgan fingerprint density at radius 3 is 2.22 bits per heavy atom. The Morgan fingerprint density at radius 1 is 1.04 bits per heavy atom. The van der Waals surface area contributed by atoms with Crippen molar-refractivity contribution < 1.29 is 4.79 Å². The van der Waals surface area contributed by atoms with Gasteiger partial charge in [-0.2, -0.15) is 0 Å². The van der Waals surface area contributed by atoms with E-state index in [4.69, 9.17) is 23.2 Å². The van der Waals surface area contributed by atoms with E-state index < -0.39 is 0 Å². The van der Waals surface area contributed by atoms with Crippen molar-refractivity contribution in [3.05, 3.63) is 64.1 Å². The fourth-order valence-electron chi connectivity index (χ4n) is 2.07. The smallest absolute Gasteiger partial charge is 0.233 e. The Bertz CT molecular complexity index is 628. The molecule has 0 aliphatic rings. The summed E-state index contributed by atoms with van der Waals surface area (Å²) in [6.45, 7) is 2.58. The molecule has 0 radical (unpaired) electrons. The third-order valence-corrected chi connectivity index (χ3v) is 4.97. The number of hydrogen-bond acceptors (Lipinski definition) is 2. The predicted molar refractivity (Wildman–Crippen MR) is 99.6 cm³/mol.